The van der Waals surface area contributed by atoms with Crippen LogP contribution in [0, 0.1) is 5.92 Å². The molecule has 3 heteroatoms. The molecule has 1 saturated carbocycles. The Labute approximate surface area is 86.9 Å². The summed E-state index contributed by atoms with van der Waals surface area (Å²) in [5, 5.41) is 3.19. The summed E-state index contributed by atoms with van der Waals surface area (Å²) in [7, 11) is 0. The van der Waals surface area contributed by atoms with Gasteiger partial charge in [-0.15, -0.1) is 0 Å². The summed E-state index contributed by atoms with van der Waals surface area (Å²) < 4.78 is 0. The number of carbonyl (C=O) groups excluding carboxylic acids is 1. The van der Waals surface area contributed by atoms with E-state index >= 15 is 0 Å². The largest absolute Gasteiger partial charge is 0.339 e. The molecule has 0 aromatic rings. The molecule has 14 heavy (non-hydrogen) atoms. The Morgan fingerprint density at radius 3 is 2.57 bits per heavy atom. The molecule has 1 amide bonds. The molecule has 0 aromatic heterocycles. The average molecular weight is 198 g/mol. The molecule has 0 unspecified atom stereocenters. The Hall–Kier alpha value is -0.570. The Morgan fingerprint density at radius 2 is 2.14 bits per heavy atom. The summed E-state index contributed by atoms with van der Waals surface area (Å²) in [6.45, 7) is 8.63. The lowest BCUT2D eigenvalue weighted by Crippen LogP contribution is -2.40. The van der Waals surface area contributed by atoms with E-state index in [0.717, 1.165) is 13.1 Å². The van der Waals surface area contributed by atoms with Crippen molar-refractivity contribution in [2.45, 2.75) is 39.7 Å². The standard InChI is InChI=1S/C11H22N2O/c1-4-13(10-5-6-10)11(14)8-12-7-9(2)3/h9-10,12H,4-8H2,1-3H3. The maximum absolute atomic E-state index is 11.7. The third-order valence-corrected chi connectivity index (χ3v) is 2.48. The predicted molar refractivity (Wildman–Crippen MR) is 58.1 cm³/mol. The van der Waals surface area contributed by atoms with Crippen LogP contribution in [0.3, 0.4) is 0 Å². The van der Waals surface area contributed by atoms with Crippen molar-refractivity contribution in [3.8, 4) is 0 Å². The van der Waals surface area contributed by atoms with Crippen LogP contribution in [0.5, 0.6) is 0 Å². The molecular weight excluding hydrogens is 176 g/mol. The van der Waals surface area contributed by atoms with Gasteiger partial charge in [0.2, 0.25) is 5.91 Å². The molecule has 0 radical (unpaired) electrons. The van der Waals surface area contributed by atoms with Gasteiger partial charge in [0, 0.05) is 12.6 Å². The molecular formula is C11H22N2O. The third kappa shape index (κ3) is 3.66. The number of nitrogens with zero attached hydrogens (tertiary/aromatic N) is 1. The molecule has 1 aliphatic carbocycles. The van der Waals surface area contributed by atoms with Crippen LogP contribution >= 0.6 is 0 Å². The molecule has 0 aliphatic heterocycles. The highest BCUT2D eigenvalue weighted by molar-refractivity contribution is 5.78. The lowest BCUT2D eigenvalue weighted by atomic mass is 10.2. The van der Waals surface area contributed by atoms with Crippen molar-refractivity contribution in [2.75, 3.05) is 19.6 Å². The third-order valence-electron chi connectivity index (χ3n) is 2.48. The zero-order valence-electron chi connectivity index (χ0n) is 9.55. The number of hydrogen-bond acceptors (Lipinski definition) is 2. The van der Waals surface area contributed by atoms with Gasteiger partial charge in [-0.3, -0.25) is 4.79 Å². The fraction of sp³-hybridized carbons (Fsp3) is 0.909. The van der Waals surface area contributed by atoms with Crippen LogP contribution in [-0.4, -0.2) is 36.5 Å². The summed E-state index contributed by atoms with van der Waals surface area (Å²) >= 11 is 0. The van der Waals surface area contributed by atoms with E-state index in [0.29, 0.717) is 18.5 Å². The topological polar surface area (TPSA) is 32.3 Å². The predicted octanol–water partition coefficient (Wildman–Crippen LogP) is 1.24. The second-order valence-corrected chi connectivity index (χ2v) is 4.44. The van der Waals surface area contributed by atoms with Crippen molar-refractivity contribution in [1.29, 1.82) is 0 Å². The maximum Gasteiger partial charge on any atom is 0.236 e. The zero-order chi connectivity index (χ0) is 10.6. The van der Waals surface area contributed by atoms with Crippen molar-refractivity contribution in [2.24, 2.45) is 5.92 Å². The minimum absolute atomic E-state index is 0.260. The van der Waals surface area contributed by atoms with Crippen molar-refractivity contribution >= 4 is 5.91 Å². The smallest absolute Gasteiger partial charge is 0.236 e. The minimum Gasteiger partial charge on any atom is -0.339 e. The van der Waals surface area contributed by atoms with Crippen LogP contribution in [-0.2, 0) is 4.79 Å². The highest BCUT2D eigenvalue weighted by atomic mass is 16.2. The van der Waals surface area contributed by atoms with Crippen molar-refractivity contribution in [3.63, 3.8) is 0 Å². The van der Waals surface area contributed by atoms with Gasteiger partial charge in [-0.25, -0.2) is 0 Å². The van der Waals surface area contributed by atoms with Crippen LogP contribution in [0.1, 0.15) is 33.6 Å². The van der Waals surface area contributed by atoms with Gasteiger partial charge in [-0.05, 0) is 32.2 Å². The summed E-state index contributed by atoms with van der Waals surface area (Å²) in [5.74, 6) is 0.870. The van der Waals surface area contributed by atoms with Gasteiger partial charge in [0.1, 0.15) is 0 Å². The van der Waals surface area contributed by atoms with Gasteiger partial charge >= 0.3 is 0 Å². The molecule has 3 nitrogen and oxygen atoms in total. The molecule has 0 aromatic carbocycles. The first kappa shape index (κ1) is 11.5. The van der Waals surface area contributed by atoms with Crippen molar-refractivity contribution in [1.82, 2.24) is 10.2 Å². The van der Waals surface area contributed by atoms with E-state index in [-0.39, 0.29) is 5.91 Å². The van der Waals surface area contributed by atoms with Gasteiger partial charge < -0.3 is 10.2 Å². The number of hydrogen-bond donors (Lipinski definition) is 1. The van der Waals surface area contributed by atoms with E-state index in [9.17, 15) is 4.79 Å². The summed E-state index contributed by atoms with van der Waals surface area (Å²) in [4.78, 5) is 13.7. The van der Waals surface area contributed by atoms with E-state index in [1.165, 1.54) is 12.8 Å². The Balaban J connectivity index is 2.18. The minimum atomic E-state index is 0.260. The normalized spacial score (nSPS) is 16.0. The SMILES string of the molecule is CCN(C(=O)CNCC(C)C)C1CC1. The fourth-order valence-corrected chi connectivity index (χ4v) is 1.59. The number of rotatable bonds is 6. The first-order valence-corrected chi connectivity index (χ1v) is 5.65. The summed E-state index contributed by atoms with van der Waals surface area (Å²) in [6.07, 6.45) is 2.40. The quantitative estimate of drug-likeness (QED) is 0.696. The van der Waals surface area contributed by atoms with E-state index in [2.05, 4.69) is 26.1 Å². The first-order valence-electron chi connectivity index (χ1n) is 5.65. The Kier molecular flexibility index (Phi) is 4.39. The van der Waals surface area contributed by atoms with Crippen LogP contribution in [0.4, 0.5) is 0 Å². The van der Waals surface area contributed by atoms with Crippen LogP contribution in [0.25, 0.3) is 0 Å². The second-order valence-electron chi connectivity index (χ2n) is 4.44. The summed E-state index contributed by atoms with van der Waals surface area (Å²) in [6, 6.07) is 0.549. The van der Waals surface area contributed by atoms with Crippen LogP contribution in [0.15, 0.2) is 0 Å². The van der Waals surface area contributed by atoms with Gasteiger partial charge in [-0.1, -0.05) is 13.8 Å². The molecule has 1 aliphatic rings. The molecule has 1 N–H and O–H groups in total. The molecule has 1 rings (SSSR count). The highest BCUT2D eigenvalue weighted by Crippen LogP contribution is 2.26. The number of likely N-dealkylation sites (N-methyl/N-ethyl adjacent to an activating group) is 1. The zero-order valence-corrected chi connectivity index (χ0v) is 9.55. The van der Waals surface area contributed by atoms with Gasteiger partial charge in [0.15, 0.2) is 0 Å². The number of carbonyl (C=O) groups is 1. The number of nitrogens with one attached hydrogen (secondary N) is 1. The monoisotopic (exact) mass is 198 g/mol. The first-order chi connectivity index (χ1) is 6.65. The second kappa shape index (κ2) is 5.35. The van der Waals surface area contributed by atoms with Gasteiger partial charge in [0.05, 0.1) is 6.54 Å². The van der Waals surface area contributed by atoms with E-state index in [1.54, 1.807) is 0 Å². The lowest BCUT2D eigenvalue weighted by molar-refractivity contribution is -0.130. The highest BCUT2D eigenvalue weighted by Gasteiger charge is 2.30. The average Bonchev–Trinajstić information content (AvgIpc) is 2.89. The summed E-state index contributed by atoms with van der Waals surface area (Å²) in [5.41, 5.74) is 0. The van der Waals surface area contributed by atoms with E-state index < -0.39 is 0 Å². The molecule has 82 valence electrons. The maximum atomic E-state index is 11.7. The Bertz CT molecular complexity index is 188. The molecule has 0 bridgehead atoms. The van der Waals surface area contributed by atoms with E-state index in [1.807, 2.05) is 4.90 Å². The number of amides is 1. The lowest BCUT2D eigenvalue weighted by Gasteiger charge is -2.20. The molecule has 0 spiro atoms. The molecule has 1 fully saturated rings. The van der Waals surface area contributed by atoms with Crippen molar-refractivity contribution < 1.29 is 4.79 Å². The van der Waals surface area contributed by atoms with Gasteiger partial charge in [-0.2, -0.15) is 0 Å². The molecule has 0 saturated heterocycles. The van der Waals surface area contributed by atoms with Crippen LogP contribution < -0.4 is 5.32 Å². The molecule has 0 heterocycles. The molecule has 0 atom stereocenters. The van der Waals surface area contributed by atoms with Crippen LogP contribution in [0.2, 0.25) is 0 Å². The Morgan fingerprint density at radius 1 is 1.50 bits per heavy atom. The fourth-order valence-electron chi connectivity index (χ4n) is 1.59. The van der Waals surface area contributed by atoms with E-state index in [4.69, 9.17) is 0 Å². The van der Waals surface area contributed by atoms with Crippen molar-refractivity contribution in [3.05, 3.63) is 0 Å². The van der Waals surface area contributed by atoms with Gasteiger partial charge in [0.25, 0.3) is 0 Å².